The molecule has 1 aromatic heterocycles. The van der Waals surface area contributed by atoms with Crippen molar-refractivity contribution in [1.82, 2.24) is 4.98 Å². The number of carbonyl (C=O) groups excluding carboxylic acids is 2. The largest absolute Gasteiger partial charge is 0.444 e. The molecule has 5 nitrogen and oxygen atoms in total. The SMILES string of the molecule is CC(C)(C)OC(=O)Nc1cc(CC(=O)c2ccc(Cl)cc2)ccn1. The maximum absolute atomic E-state index is 12.3. The second kappa shape index (κ2) is 7.45. The fraction of sp³-hybridized carbons (Fsp3) is 0.278. The maximum Gasteiger partial charge on any atom is 0.413 e. The normalized spacial score (nSPS) is 11.0. The molecule has 126 valence electrons. The molecule has 0 bridgehead atoms. The Morgan fingerprint density at radius 3 is 2.46 bits per heavy atom. The molecule has 2 rings (SSSR count). The number of ketones is 1. The van der Waals surface area contributed by atoms with Gasteiger partial charge in [-0.3, -0.25) is 10.1 Å². The molecule has 0 fully saturated rings. The summed E-state index contributed by atoms with van der Waals surface area (Å²) in [5, 5.41) is 3.14. The van der Waals surface area contributed by atoms with Gasteiger partial charge in [-0.15, -0.1) is 0 Å². The molecule has 0 spiro atoms. The number of hydrogen-bond acceptors (Lipinski definition) is 4. The van der Waals surface area contributed by atoms with Gasteiger partial charge < -0.3 is 4.74 Å². The van der Waals surface area contributed by atoms with Crippen LogP contribution in [0.5, 0.6) is 0 Å². The van der Waals surface area contributed by atoms with Gasteiger partial charge in [0.1, 0.15) is 11.4 Å². The van der Waals surface area contributed by atoms with Crippen LogP contribution in [-0.2, 0) is 11.2 Å². The molecule has 24 heavy (non-hydrogen) atoms. The molecule has 0 aliphatic heterocycles. The van der Waals surface area contributed by atoms with Crippen LogP contribution in [0.3, 0.4) is 0 Å². The lowest BCUT2D eigenvalue weighted by Gasteiger charge is -2.19. The molecule has 1 N–H and O–H groups in total. The van der Waals surface area contributed by atoms with Gasteiger partial charge in [-0.2, -0.15) is 0 Å². The van der Waals surface area contributed by atoms with Crippen molar-refractivity contribution in [3.63, 3.8) is 0 Å². The first-order valence-electron chi connectivity index (χ1n) is 7.47. The van der Waals surface area contributed by atoms with Gasteiger partial charge in [0, 0.05) is 23.2 Å². The number of rotatable bonds is 4. The minimum absolute atomic E-state index is 0.0407. The van der Waals surface area contributed by atoms with E-state index in [1.54, 1.807) is 57.2 Å². The Bertz CT molecular complexity index is 737. The molecule has 0 unspecified atom stereocenters. The number of ether oxygens (including phenoxy) is 1. The predicted octanol–water partition coefficient (Wildman–Crippen LogP) is 4.51. The first-order valence-corrected chi connectivity index (χ1v) is 7.84. The number of nitrogens with one attached hydrogen (secondary N) is 1. The lowest BCUT2D eigenvalue weighted by Crippen LogP contribution is -2.27. The first-order chi connectivity index (χ1) is 11.2. The van der Waals surface area contributed by atoms with Crippen molar-refractivity contribution in [3.05, 3.63) is 58.7 Å². The zero-order chi connectivity index (χ0) is 17.7. The van der Waals surface area contributed by atoms with E-state index in [-0.39, 0.29) is 12.2 Å². The van der Waals surface area contributed by atoms with Crippen LogP contribution in [0.4, 0.5) is 10.6 Å². The number of halogens is 1. The molecule has 2 aromatic rings. The van der Waals surface area contributed by atoms with E-state index in [4.69, 9.17) is 16.3 Å². The lowest BCUT2D eigenvalue weighted by atomic mass is 10.0. The summed E-state index contributed by atoms with van der Waals surface area (Å²) in [4.78, 5) is 28.1. The highest BCUT2D eigenvalue weighted by Crippen LogP contribution is 2.15. The summed E-state index contributed by atoms with van der Waals surface area (Å²) in [7, 11) is 0. The van der Waals surface area contributed by atoms with Crippen LogP contribution in [-0.4, -0.2) is 22.5 Å². The van der Waals surface area contributed by atoms with Crippen LogP contribution >= 0.6 is 11.6 Å². The van der Waals surface area contributed by atoms with E-state index in [1.165, 1.54) is 6.20 Å². The minimum atomic E-state index is -0.591. The third kappa shape index (κ3) is 5.66. The number of Topliss-reactive ketones (excluding diaryl/α,β-unsaturated/α-hetero) is 1. The molecular formula is C18H19ClN2O3. The molecule has 0 atom stereocenters. The average Bonchev–Trinajstić information content (AvgIpc) is 2.46. The van der Waals surface area contributed by atoms with Crippen LogP contribution < -0.4 is 5.32 Å². The monoisotopic (exact) mass is 346 g/mol. The fourth-order valence-electron chi connectivity index (χ4n) is 1.98. The van der Waals surface area contributed by atoms with Crippen LogP contribution in [0.15, 0.2) is 42.6 Å². The molecule has 1 amide bonds. The van der Waals surface area contributed by atoms with E-state index < -0.39 is 11.7 Å². The van der Waals surface area contributed by atoms with Gasteiger partial charge in [0.25, 0.3) is 0 Å². The molecule has 1 heterocycles. The Kier molecular flexibility index (Phi) is 5.57. The zero-order valence-corrected chi connectivity index (χ0v) is 14.6. The van der Waals surface area contributed by atoms with E-state index in [0.717, 1.165) is 5.56 Å². The molecule has 0 aliphatic rings. The number of anilines is 1. The van der Waals surface area contributed by atoms with E-state index >= 15 is 0 Å². The van der Waals surface area contributed by atoms with Gasteiger partial charge in [0.15, 0.2) is 5.78 Å². The summed E-state index contributed by atoms with van der Waals surface area (Å²) < 4.78 is 5.17. The number of benzene rings is 1. The number of hydrogen-bond donors (Lipinski definition) is 1. The zero-order valence-electron chi connectivity index (χ0n) is 13.8. The van der Waals surface area contributed by atoms with Crippen LogP contribution in [0.2, 0.25) is 5.02 Å². The van der Waals surface area contributed by atoms with Crippen LogP contribution in [0, 0.1) is 0 Å². The summed E-state index contributed by atoms with van der Waals surface area (Å²) in [6.07, 6.45) is 1.15. The van der Waals surface area contributed by atoms with Gasteiger partial charge in [0.05, 0.1) is 0 Å². The predicted molar refractivity (Wildman–Crippen MR) is 93.6 cm³/mol. The van der Waals surface area contributed by atoms with Gasteiger partial charge in [-0.25, -0.2) is 9.78 Å². The smallest absolute Gasteiger partial charge is 0.413 e. The number of carbonyl (C=O) groups is 2. The van der Waals surface area contributed by atoms with Crippen molar-refractivity contribution in [2.24, 2.45) is 0 Å². The summed E-state index contributed by atoms with van der Waals surface area (Å²) in [5.41, 5.74) is 0.737. The quantitative estimate of drug-likeness (QED) is 0.827. The van der Waals surface area contributed by atoms with Crippen molar-refractivity contribution in [3.8, 4) is 0 Å². The molecule has 0 saturated heterocycles. The third-order valence-electron chi connectivity index (χ3n) is 2.98. The summed E-state index contributed by atoms with van der Waals surface area (Å²) in [6.45, 7) is 5.34. The number of pyridine rings is 1. The number of amides is 1. The molecular weight excluding hydrogens is 328 g/mol. The van der Waals surface area contributed by atoms with Gasteiger partial charge in [-0.05, 0) is 62.7 Å². The Morgan fingerprint density at radius 1 is 1.17 bits per heavy atom. The Hall–Kier alpha value is -2.40. The van der Waals surface area contributed by atoms with Gasteiger partial charge in [-0.1, -0.05) is 11.6 Å². The van der Waals surface area contributed by atoms with Crippen molar-refractivity contribution in [1.29, 1.82) is 0 Å². The Labute approximate surface area is 146 Å². The van der Waals surface area contributed by atoms with Gasteiger partial charge in [0.2, 0.25) is 0 Å². The minimum Gasteiger partial charge on any atom is -0.444 e. The van der Waals surface area contributed by atoms with Crippen molar-refractivity contribution >= 4 is 29.3 Å². The molecule has 6 heteroatoms. The molecule has 0 radical (unpaired) electrons. The van der Waals surface area contributed by atoms with Crippen molar-refractivity contribution < 1.29 is 14.3 Å². The highest BCUT2D eigenvalue weighted by Gasteiger charge is 2.16. The summed E-state index contributed by atoms with van der Waals surface area (Å²) in [5.74, 6) is 0.298. The van der Waals surface area contributed by atoms with Gasteiger partial charge >= 0.3 is 6.09 Å². The van der Waals surface area contributed by atoms with Crippen molar-refractivity contribution in [2.75, 3.05) is 5.32 Å². The number of nitrogens with zero attached hydrogens (tertiary/aromatic N) is 1. The summed E-state index contributed by atoms with van der Waals surface area (Å²) >= 11 is 5.82. The standard InChI is InChI=1S/C18H19ClN2O3/c1-18(2,3)24-17(23)21-16-11-12(8-9-20-16)10-15(22)13-4-6-14(19)7-5-13/h4-9,11H,10H2,1-3H3,(H,20,21,23). The van der Waals surface area contributed by atoms with E-state index in [1.807, 2.05) is 0 Å². The first kappa shape index (κ1) is 17.9. The third-order valence-corrected chi connectivity index (χ3v) is 3.24. The van der Waals surface area contributed by atoms with E-state index in [2.05, 4.69) is 10.3 Å². The molecule has 0 saturated carbocycles. The second-order valence-corrected chi connectivity index (χ2v) is 6.72. The highest BCUT2D eigenvalue weighted by molar-refractivity contribution is 6.30. The lowest BCUT2D eigenvalue weighted by molar-refractivity contribution is 0.0635. The topological polar surface area (TPSA) is 68.3 Å². The molecule has 1 aromatic carbocycles. The van der Waals surface area contributed by atoms with Crippen LogP contribution in [0.1, 0.15) is 36.7 Å². The molecule has 0 aliphatic carbocycles. The maximum atomic E-state index is 12.3. The average molecular weight is 347 g/mol. The summed E-state index contributed by atoms with van der Waals surface area (Å²) in [6, 6.07) is 10.1. The highest BCUT2D eigenvalue weighted by atomic mass is 35.5. The van der Waals surface area contributed by atoms with Crippen molar-refractivity contribution in [2.45, 2.75) is 32.8 Å². The Morgan fingerprint density at radius 2 is 1.83 bits per heavy atom. The fourth-order valence-corrected chi connectivity index (χ4v) is 2.11. The number of aromatic nitrogens is 1. The van der Waals surface area contributed by atoms with E-state index in [0.29, 0.717) is 16.4 Å². The Balaban J connectivity index is 2.03. The van der Waals surface area contributed by atoms with Crippen LogP contribution in [0.25, 0.3) is 0 Å². The second-order valence-electron chi connectivity index (χ2n) is 6.28. The van der Waals surface area contributed by atoms with E-state index in [9.17, 15) is 9.59 Å².